The van der Waals surface area contributed by atoms with Crippen LogP contribution in [0.4, 0.5) is 0 Å². The lowest BCUT2D eigenvalue weighted by atomic mass is 10.1. The maximum Gasteiger partial charge on any atom is 0.303 e. The van der Waals surface area contributed by atoms with Crippen molar-refractivity contribution in [2.24, 2.45) is 5.92 Å². The summed E-state index contributed by atoms with van der Waals surface area (Å²) in [6.07, 6.45) is 4.15. The fourth-order valence-corrected chi connectivity index (χ4v) is 3.60. The van der Waals surface area contributed by atoms with Crippen LogP contribution in [0.2, 0.25) is 0 Å². The Bertz CT molecular complexity index is 1020. The number of carbonyl (C=O) groups excluding carboxylic acids is 1. The molecule has 4 rings (SSSR count). The zero-order valence-corrected chi connectivity index (χ0v) is 16.3. The van der Waals surface area contributed by atoms with Gasteiger partial charge in [0.05, 0.1) is 17.6 Å². The van der Waals surface area contributed by atoms with E-state index in [2.05, 4.69) is 15.2 Å². The molecular weight excluding hydrogens is 384 g/mol. The summed E-state index contributed by atoms with van der Waals surface area (Å²) in [4.78, 5) is 29.7. The molecule has 1 saturated heterocycles. The van der Waals surface area contributed by atoms with Crippen LogP contribution in [0, 0.1) is 5.92 Å². The largest absolute Gasteiger partial charge is 0.487 e. The Morgan fingerprint density at radius 1 is 1.23 bits per heavy atom. The van der Waals surface area contributed by atoms with Gasteiger partial charge in [-0.05, 0) is 48.2 Å². The number of nitrogens with zero attached hydrogens (tertiary/aromatic N) is 3. The van der Waals surface area contributed by atoms with Crippen molar-refractivity contribution in [2.75, 3.05) is 13.1 Å². The molecule has 0 unspecified atom stereocenters. The first-order valence-electron chi connectivity index (χ1n) is 9.77. The van der Waals surface area contributed by atoms with E-state index in [0.29, 0.717) is 31.0 Å². The second kappa shape index (κ2) is 8.77. The van der Waals surface area contributed by atoms with Crippen molar-refractivity contribution in [3.8, 4) is 17.1 Å². The van der Waals surface area contributed by atoms with Crippen LogP contribution in [-0.4, -0.2) is 50.2 Å². The minimum atomic E-state index is -0.819. The molecule has 1 atom stereocenters. The van der Waals surface area contributed by atoms with Crippen molar-refractivity contribution in [1.82, 2.24) is 20.1 Å². The zero-order valence-electron chi connectivity index (χ0n) is 16.3. The lowest BCUT2D eigenvalue weighted by molar-refractivity contribution is -0.138. The number of rotatable bonds is 7. The highest BCUT2D eigenvalue weighted by atomic mass is 16.5. The second-order valence-electron chi connectivity index (χ2n) is 7.34. The van der Waals surface area contributed by atoms with Gasteiger partial charge in [0, 0.05) is 31.3 Å². The number of hydrogen-bond acceptors (Lipinski definition) is 5. The van der Waals surface area contributed by atoms with Crippen molar-refractivity contribution in [2.45, 2.75) is 19.4 Å². The van der Waals surface area contributed by atoms with Gasteiger partial charge >= 0.3 is 5.97 Å². The molecule has 0 aliphatic carbocycles. The summed E-state index contributed by atoms with van der Waals surface area (Å²) in [6, 6.07) is 12.9. The third kappa shape index (κ3) is 4.65. The Balaban J connectivity index is 1.35. The van der Waals surface area contributed by atoms with Gasteiger partial charge in [-0.1, -0.05) is 12.1 Å². The highest BCUT2D eigenvalue weighted by Crippen LogP contribution is 2.22. The first-order chi connectivity index (χ1) is 14.6. The Hall–Kier alpha value is -3.68. The third-order valence-corrected chi connectivity index (χ3v) is 5.13. The minimum Gasteiger partial charge on any atom is -0.487 e. The molecule has 1 aliphatic heterocycles. The predicted octanol–water partition coefficient (Wildman–Crippen LogP) is 2.99. The number of ether oxygens (including phenoxy) is 1. The van der Waals surface area contributed by atoms with Crippen LogP contribution in [0.5, 0.6) is 5.75 Å². The van der Waals surface area contributed by atoms with E-state index in [0.717, 1.165) is 23.4 Å². The van der Waals surface area contributed by atoms with Crippen molar-refractivity contribution in [3.63, 3.8) is 0 Å². The number of H-pyrrole nitrogens is 1. The number of carboxylic acids is 1. The number of carboxylic acid groups (broad SMARTS) is 1. The van der Waals surface area contributed by atoms with Crippen LogP contribution in [-0.2, 0) is 11.4 Å². The van der Waals surface area contributed by atoms with E-state index in [1.807, 2.05) is 36.4 Å². The van der Waals surface area contributed by atoms with E-state index in [4.69, 9.17) is 9.84 Å². The molecule has 2 N–H and O–H groups in total. The second-order valence-corrected chi connectivity index (χ2v) is 7.34. The number of aromatic nitrogens is 3. The van der Waals surface area contributed by atoms with Crippen LogP contribution < -0.4 is 4.74 Å². The summed E-state index contributed by atoms with van der Waals surface area (Å²) < 4.78 is 5.81. The van der Waals surface area contributed by atoms with Gasteiger partial charge in [0.2, 0.25) is 0 Å². The molecular formula is C22H22N4O4. The number of benzene rings is 1. The predicted molar refractivity (Wildman–Crippen MR) is 109 cm³/mol. The third-order valence-electron chi connectivity index (χ3n) is 5.13. The maximum atomic E-state index is 12.8. The summed E-state index contributed by atoms with van der Waals surface area (Å²) in [5, 5.41) is 15.7. The molecule has 1 aromatic carbocycles. The number of nitrogens with one attached hydrogen (secondary N) is 1. The Morgan fingerprint density at radius 3 is 2.87 bits per heavy atom. The number of carbonyl (C=O) groups is 2. The fourth-order valence-electron chi connectivity index (χ4n) is 3.60. The Morgan fingerprint density at radius 2 is 2.13 bits per heavy atom. The molecule has 0 bridgehead atoms. The molecule has 3 aromatic rings. The Kier molecular flexibility index (Phi) is 5.74. The van der Waals surface area contributed by atoms with Gasteiger partial charge in [-0.15, -0.1) is 0 Å². The molecule has 1 amide bonds. The van der Waals surface area contributed by atoms with Crippen LogP contribution in [0.15, 0.2) is 54.9 Å². The van der Waals surface area contributed by atoms with E-state index in [-0.39, 0.29) is 18.2 Å². The van der Waals surface area contributed by atoms with Gasteiger partial charge in [-0.25, -0.2) is 0 Å². The summed E-state index contributed by atoms with van der Waals surface area (Å²) in [5.41, 5.74) is 3.07. The lowest BCUT2D eigenvalue weighted by Crippen LogP contribution is -2.29. The van der Waals surface area contributed by atoms with E-state index >= 15 is 0 Å². The average Bonchev–Trinajstić information content (AvgIpc) is 3.44. The molecule has 8 heteroatoms. The van der Waals surface area contributed by atoms with E-state index in [1.54, 1.807) is 23.4 Å². The molecule has 0 saturated carbocycles. The van der Waals surface area contributed by atoms with Crippen LogP contribution >= 0.6 is 0 Å². The standard InChI is InChI=1S/C22H22N4O4/c27-21(28)11-15-7-9-26(13-15)22(29)17-3-1-2-16(10-17)14-30-18-4-5-19(23-12-18)20-6-8-24-25-20/h1-6,8,10,12,15H,7,9,11,13-14H2,(H,24,25)(H,27,28)/t15-/m0/s1. The van der Waals surface area contributed by atoms with Crippen molar-refractivity contribution >= 4 is 11.9 Å². The van der Waals surface area contributed by atoms with Crippen LogP contribution in [0.1, 0.15) is 28.8 Å². The molecule has 8 nitrogen and oxygen atoms in total. The first-order valence-corrected chi connectivity index (χ1v) is 9.77. The smallest absolute Gasteiger partial charge is 0.303 e. The van der Waals surface area contributed by atoms with Crippen molar-refractivity contribution in [3.05, 3.63) is 66.0 Å². The number of pyridine rings is 1. The molecule has 0 radical (unpaired) electrons. The van der Waals surface area contributed by atoms with E-state index in [9.17, 15) is 9.59 Å². The Labute approximate surface area is 173 Å². The molecule has 154 valence electrons. The molecule has 30 heavy (non-hydrogen) atoms. The lowest BCUT2D eigenvalue weighted by Gasteiger charge is -2.17. The molecule has 1 fully saturated rings. The van der Waals surface area contributed by atoms with Crippen molar-refractivity contribution < 1.29 is 19.4 Å². The number of aliphatic carboxylic acids is 1. The van der Waals surface area contributed by atoms with Crippen LogP contribution in [0.3, 0.4) is 0 Å². The van der Waals surface area contributed by atoms with E-state index < -0.39 is 5.97 Å². The average molecular weight is 406 g/mol. The van der Waals surface area contributed by atoms with Crippen LogP contribution in [0.25, 0.3) is 11.4 Å². The summed E-state index contributed by atoms with van der Waals surface area (Å²) >= 11 is 0. The molecule has 0 spiro atoms. The van der Waals surface area contributed by atoms with Crippen molar-refractivity contribution in [1.29, 1.82) is 0 Å². The number of amides is 1. The highest BCUT2D eigenvalue weighted by Gasteiger charge is 2.28. The quantitative estimate of drug-likeness (QED) is 0.624. The monoisotopic (exact) mass is 406 g/mol. The topological polar surface area (TPSA) is 108 Å². The fraction of sp³-hybridized carbons (Fsp3) is 0.273. The number of aromatic amines is 1. The summed E-state index contributed by atoms with van der Waals surface area (Å²) in [6.45, 7) is 1.39. The highest BCUT2D eigenvalue weighted by molar-refractivity contribution is 5.94. The van der Waals surface area contributed by atoms with Gasteiger partial charge in [0.1, 0.15) is 12.4 Å². The summed E-state index contributed by atoms with van der Waals surface area (Å²) in [5.74, 6) is -0.239. The van der Waals surface area contributed by atoms with Gasteiger partial charge in [0.25, 0.3) is 5.91 Å². The molecule has 3 heterocycles. The maximum absolute atomic E-state index is 12.8. The number of hydrogen-bond donors (Lipinski definition) is 2. The molecule has 2 aromatic heterocycles. The van der Waals surface area contributed by atoms with Gasteiger partial charge < -0.3 is 14.7 Å². The molecule has 1 aliphatic rings. The van der Waals surface area contributed by atoms with Gasteiger partial charge in [0.15, 0.2) is 0 Å². The zero-order chi connectivity index (χ0) is 20.9. The summed E-state index contributed by atoms with van der Waals surface area (Å²) in [7, 11) is 0. The SMILES string of the molecule is O=C(O)C[C@@H]1CCN(C(=O)c2cccc(COc3ccc(-c4ccn[nH]4)nc3)c2)C1. The normalized spacial score (nSPS) is 15.9. The number of likely N-dealkylation sites (tertiary alicyclic amines) is 1. The minimum absolute atomic E-state index is 0.0233. The first kappa shape index (κ1) is 19.6. The van der Waals surface area contributed by atoms with E-state index in [1.165, 1.54) is 0 Å². The van der Waals surface area contributed by atoms with Gasteiger partial charge in [-0.2, -0.15) is 5.10 Å². The van der Waals surface area contributed by atoms with Gasteiger partial charge in [-0.3, -0.25) is 19.7 Å².